The number of Topliss-reactive ketones (excluding diaryl/α,β-unsaturated/α-hetero) is 1. The summed E-state index contributed by atoms with van der Waals surface area (Å²) in [6.07, 6.45) is 0. The molecule has 0 aliphatic carbocycles. The van der Waals surface area contributed by atoms with E-state index < -0.39 is 5.41 Å². The Labute approximate surface area is 72.4 Å². The predicted molar refractivity (Wildman–Crippen MR) is 44.7 cm³/mol. The molecule has 1 aliphatic rings. The average Bonchev–Trinajstić information content (AvgIpc) is 2.01. The van der Waals surface area contributed by atoms with Gasteiger partial charge in [-0.3, -0.25) is 4.79 Å². The van der Waals surface area contributed by atoms with Crippen molar-refractivity contribution in [3.8, 4) is 0 Å². The Morgan fingerprint density at radius 3 is 2.75 bits per heavy atom. The summed E-state index contributed by atoms with van der Waals surface area (Å²) in [5, 5.41) is 0. The lowest BCUT2D eigenvalue weighted by Gasteiger charge is -2.27. The van der Waals surface area contributed by atoms with Crippen LogP contribution in [0.2, 0.25) is 0 Å². The van der Waals surface area contributed by atoms with Crippen molar-refractivity contribution in [1.29, 1.82) is 0 Å². The van der Waals surface area contributed by atoms with Gasteiger partial charge < -0.3 is 9.47 Å². The fourth-order valence-corrected chi connectivity index (χ4v) is 0.905. The zero-order chi connectivity index (χ0) is 9.19. The maximum Gasteiger partial charge on any atom is 0.171 e. The van der Waals surface area contributed by atoms with Crippen LogP contribution in [0.3, 0.4) is 0 Å². The standard InChI is InChI=1S/C9H14O3/c1-7-9(2,3)8(10)6-11-4-5-12-7/h1,4-6H2,2-3H3. The van der Waals surface area contributed by atoms with Crippen molar-refractivity contribution in [2.75, 3.05) is 19.8 Å². The van der Waals surface area contributed by atoms with E-state index in [0.29, 0.717) is 19.0 Å². The zero-order valence-corrected chi connectivity index (χ0v) is 7.55. The molecule has 1 rings (SSSR count). The van der Waals surface area contributed by atoms with Crippen LogP contribution in [-0.2, 0) is 14.3 Å². The molecule has 68 valence electrons. The van der Waals surface area contributed by atoms with Crippen molar-refractivity contribution in [1.82, 2.24) is 0 Å². The smallest absolute Gasteiger partial charge is 0.171 e. The van der Waals surface area contributed by atoms with Gasteiger partial charge in [0.2, 0.25) is 0 Å². The molecule has 3 heteroatoms. The number of ketones is 1. The number of ether oxygens (including phenoxy) is 2. The molecular weight excluding hydrogens is 156 g/mol. The van der Waals surface area contributed by atoms with E-state index in [0.717, 1.165) is 0 Å². The molecule has 0 spiro atoms. The Kier molecular flexibility index (Phi) is 2.52. The van der Waals surface area contributed by atoms with Crippen molar-refractivity contribution < 1.29 is 14.3 Å². The molecule has 0 aromatic rings. The molecule has 0 unspecified atom stereocenters. The van der Waals surface area contributed by atoms with Gasteiger partial charge in [-0.15, -0.1) is 0 Å². The van der Waals surface area contributed by atoms with Gasteiger partial charge in [-0.25, -0.2) is 0 Å². The molecule has 3 nitrogen and oxygen atoms in total. The van der Waals surface area contributed by atoms with E-state index in [1.54, 1.807) is 13.8 Å². The molecule has 0 amide bonds. The molecule has 0 saturated carbocycles. The first kappa shape index (κ1) is 9.26. The van der Waals surface area contributed by atoms with Gasteiger partial charge in [-0.05, 0) is 13.8 Å². The molecule has 0 radical (unpaired) electrons. The second-order valence-electron chi connectivity index (χ2n) is 3.37. The van der Waals surface area contributed by atoms with E-state index in [2.05, 4.69) is 6.58 Å². The third-order valence-electron chi connectivity index (χ3n) is 2.13. The summed E-state index contributed by atoms with van der Waals surface area (Å²) >= 11 is 0. The average molecular weight is 170 g/mol. The summed E-state index contributed by atoms with van der Waals surface area (Å²) in [7, 11) is 0. The van der Waals surface area contributed by atoms with Crippen molar-refractivity contribution in [2.45, 2.75) is 13.8 Å². The number of carbonyl (C=O) groups excluding carboxylic acids is 1. The highest BCUT2D eigenvalue weighted by Gasteiger charge is 2.33. The van der Waals surface area contributed by atoms with Crippen molar-refractivity contribution in [3.05, 3.63) is 12.3 Å². The summed E-state index contributed by atoms with van der Waals surface area (Å²) in [6, 6.07) is 0. The van der Waals surface area contributed by atoms with Gasteiger partial charge in [0.1, 0.15) is 19.0 Å². The van der Waals surface area contributed by atoms with E-state index in [4.69, 9.17) is 9.47 Å². The Bertz CT molecular complexity index is 186. The Morgan fingerprint density at radius 2 is 2.08 bits per heavy atom. The molecule has 0 aromatic carbocycles. The third-order valence-corrected chi connectivity index (χ3v) is 2.13. The van der Waals surface area contributed by atoms with Gasteiger partial charge in [0, 0.05) is 0 Å². The zero-order valence-electron chi connectivity index (χ0n) is 7.55. The maximum atomic E-state index is 11.4. The van der Waals surface area contributed by atoms with Crippen LogP contribution in [0.15, 0.2) is 12.3 Å². The predicted octanol–water partition coefficient (Wildman–Crippen LogP) is 1.14. The van der Waals surface area contributed by atoms with Gasteiger partial charge in [-0.1, -0.05) is 6.58 Å². The third kappa shape index (κ3) is 1.67. The number of carbonyl (C=O) groups is 1. The molecule has 1 fully saturated rings. The molecule has 1 aliphatic heterocycles. The van der Waals surface area contributed by atoms with Crippen molar-refractivity contribution >= 4 is 5.78 Å². The molecule has 12 heavy (non-hydrogen) atoms. The van der Waals surface area contributed by atoms with E-state index >= 15 is 0 Å². The summed E-state index contributed by atoms with van der Waals surface area (Å²) in [5.74, 6) is 0.558. The first-order valence-corrected chi connectivity index (χ1v) is 3.98. The summed E-state index contributed by atoms with van der Waals surface area (Å²) in [6.45, 7) is 8.42. The topological polar surface area (TPSA) is 35.5 Å². The monoisotopic (exact) mass is 170 g/mol. The molecule has 0 N–H and O–H groups in total. The number of rotatable bonds is 0. The second kappa shape index (κ2) is 3.27. The lowest BCUT2D eigenvalue weighted by molar-refractivity contribution is -0.135. The van der Waals surface area contributed by atoms with Crippen LogP contribution in [0.4, 0.5) is 0 Å². The second-order valence-corrected chi connectivity index (χ2v) is 3.37. The highest BCUT2D eigenvalue weighted by atomic mass is 16.5. The lowest BCUT2D eigenvalue weighted by atomic mass is 9.86. The van der Waals surface area contributed by atoms with Gasteiger partial charge in [0.15, 0.2) is 5.78 Å². The minimum Gasteiger partial charge on any atom is -0.495 e. The number of hydrogen-bond donors (Lipinski definition) is 0. The van der Waals surface area contributed by atoms with Gasteiger partial charge in [-0.2, -0.15) is 0 Å². The maximum absolute atomic E-state index is 11.4. The molecular formula is C9H14O3. The molecule has 1 saturated heterocycles. The Morgan fingerprint density at radius 1 is 1.42 bits per heavy atom. The first-order chi connectivity index (χ1) is 5.55. The van der Waals surface area contributed by atoms with Gasteiger partial charge >= 0.3 is 0 Å². The summed E-state index contributed by atoms with van der Waals surface area (Å²) in [5.41, 5.74) is -0.611. The first-order valence-electron chi connectivity index (χ1n) is 3.98. The molecule has 0 bridgehead atoms. The van der Waals surface area contributed by atoms with Gasteiger partial charge in [0.25, 0.3) is 0 Å². The highest BCUT2D eigenvalue weighted by molar-refractivity contribution is 5.87. The van der Waals surface area contributed by atoms with Crippen molar-refractivity contribution in [2.24, 2.45) is 5.41 Å². The Hall–Kier alpha value is -0.830. The van der Waals surface area contributed by atoms with Crippen LogP contribution < -0.4 is 0 Å². The quantitative estimate of drug-likeness (QED) is 0.547. The molecule has 1 heterocycles. The number of allylic oxidation sites excluding steroid dienone is 1. The largest absolute Gasteiger partial charge is 0.495 e. The minimum absolute atomic E-state index is 0.0206. The summed E-state index contributed by atoms with van der Waals surface area (Å²) < 4.78 is 10.3. The van der Waals surface area contributed by atoms with Crippen LogP contribution in [0.5, 0.6) is 0 Å². The van der Waals surface area contributed by atoms with E-state index in [1.807, 2.05) is 0 Å². The summed E-state index contributed by atoms with van der Waals surface area (Å²) in [4.78, 5) is 11.4. The van der Waals surface area contributed by atoms with Crippen LogP contribution in [-0.4, -0.2) is 25.6 Å². The van der Waals surface area contributed by atoms with E-state index in [9.17, 15) is 4.79 Å². The highest BCUT2D eigenvalue weighted by Crippen LogP contribution is 2.27. The van der Waals surface area contributed by atoms with Gasteiger partial charge in [0.05, 0.1) is 12.0 Å². The fraction of sp³-hybridized carbons (Fsp3) is 0.667. The van der Waals surface area contributed by atoms with Crippen LogP contribution in [0, 0.1) is 5.41 Å². The normalized spacial score (nSPS) is 24.2. The van der Waals surface area contributed by atoms with Crippen LogP contribution >= 0.6 is 0 Å². The minimum atomic E-state index is -0.611. The van der Waals surface area contributed by atoms with E-state index in [-0.39, 0.29) is 12.4 Å². The van der Waals surface area contributed by atoms with Crippen LogP contribution in [0.25, 0.3) is 0 Å². The lowest BCUT2D eigenvalue weighted by Crippen LogP contribution is -2.34. The SMILES string of the molecule is C=C1OCCOCC(=O)C1(C)C. The fourth-order valence-electron chi connectivity index (χ4n) is 0.905. The van der Waals surface area contributed by atoms with Crippen LogP contribution in [0.1, 0.15) is 13.8 Å². The van der Waals surface area contributed by atoms with Crippen molar-refractivity contribution in [3.63, 3.8) is 0 Å². The molecule has 0 aromatic heterocycles. The van der Waals surface area contributed by atoms with E-state index in [1.165, 1.54) is 0 Å². The number of hydrogen-bond acceptors (Lipinski definition) is 3. The Balaban J connectivity index is 2.76. The molecule has 0 atom stereocenters.